The number of carbonyl (C=O) groups excluding carboxylic acids is 2. The zero-order valence-electron chi connectivity index (χ0n) is 21.0. The molecule has 2 amide bonds. The van der Waals surface area contributed by atoms with Crippen LogP contribution in [0.2, 0.25) is 4.34 Å². The number of benzene rings is 2. The van der Waals surface area contributed by atoms with Gasteiger partial charge in [0.25, 0.3) is 0 Å². The van der Waals surface area contributed by atoms with Crippen LogP contribution < -0.4 is 15.4 Å². The number of halogens is 1. The van der Waals surface area contributed by atoms with Gasteiger partial charge in [-0.2, -0.15) is 8.42 Å². The number of nitrogens with one attached hydrogen (secondary N) is 3. The van der Waals surface area contributed by atoms with Crippen LogP contribution in [0.4, 0.5) is 10.5 Å². The number of hydrogen-bond donors (Lipinski definition) is 4. The lowest BCUT2D eigenvalue weighted by molar-refractivity contribution is -0.123. The van der Waals surface area contributed by atoms with Gasteiger partial charge in [-0.25, -0.2) is 9.78 Å². The van der Waals surface area contributed by atoms with Gasteiger partial charge in [0, 0.05) is 11.8 Å². The summed E-state index contributed by atoms with van der Waals surface area (Å²) >= 11 is 8.86. The molecule has 4 rings (SSSR count). The fraction of sp³-hybridized carbons (Fsp3) is 0.192. The maximum Gasteiger partial charge on any atom is 0.407 e. The van der Waals surface area contributed by atoms with E-state index in [4.69, 9.17) is 25.9 Å². The van der Waals surface area contributed by atoms with E-state index in [1.54, 1.807) is 18.2 Å². The Bertz CT molecular complexity index is 1560. The number of ether oxygens (including phenoxy) is 1. The van der Waals surface area contributed by atoms with Gasteiger partial charge in [-0.05, 0) is 41.8 Å². The van der Waals surface area contributed by atoms with E-state index in [1.165, 1.54) is 41.9 Å². The third kappa shape index (κ3) is 8.50. The van der Waals surface area contributed by atoms with Crippen molar-refractivity contribution in [2.24, 2.45) is 0 Å². The number of aromatic nitrogens is 1. The van der Waals surface area contributed by atoms with Crippen LogP contribution in [0.5, 0.6) is 0 Å². The number of alkyl carbamates (subject to hydrolysis) is 1. The number of nitrogens with zero attached hydrogens (tertiary/aromatic N) is 1. The molecular formula is C26H25ClN4O6S3. The van der Waals surface area contributed by atoms with Crippen LogP contribution in [0.25, 0.3) is 10.6 Å². The van der Waals surface area contributed by atoms with Gasteiger partial charge < -0.3 is 15.4 Å². The first-order valence-corrected chi connectivity index (χ1v) is 15.3. The molecule has 0 aliphatic rings. The summed E-state index contributed by atoms with van der Waals surface area (Å²) in [6, 6.07) is 17.8. The Morgan fingerprint density at radius 3 is 2.33 bits per heavy atom. The Balaban J connectivity index is 1.60. The fourth-order valence-corrected chi connectivity index (χ4v) is 6.22. The molecule has 40 heavy (non-hydrogen) atoms. The molecule has 14 heteroatoms. The smallest absolute Gasteiger partial charge is 0.407 e. The summed E-state index contributed by atoms with van der Waals surface area (Å²) in [5, 5.41) is 8.13. The molecule has 0 saturated carbocycles. The maximum absolute atomic E-state index is 13.5. The molecule has 0 saturated heterocycles. The highest BCUT2D eigenvalue weighted by atomic mass is 35.5. The zero-order valence-corrected chi connectivity index (χ0v) is 24.2. The molecule has 0 aliphatic carbocycles. The number of anilines is 1. The minimum Gasteiger partial charge on any atom is -0.453 e. The summed E-state index contributed by atoms with van der Waals surface area (Å²) in [5.41, 5.74) is 2.52. The molecule has 4 N–H and O–H groups in total. The van der Waals surface area contributed by atoms with Crippen molar-refractivity contribution in [3.8, 4) is 10.6 Å². The van der Waals surface area contributed by atoms with E-state index in [2.05, 4.69) is 10.6 Å². The quantitative estimate of drug-likeness (QED) is 0.170. The first-order valence-electron chi connectivity index (χ1n) is 11.8. The number of carbonyl (C=O) groups is 2. The Morgan fingerprint density at radius 2 is 1.70 bits per heavy atom. The van der Waals surface area contributed by atoms with Gasteiger partial charge in [-0.15, -0.1) is 22.7 Å². The highest BCUT2D eigenvalue weighted by Crippen LogP contribution is 2.33. The van der Waals surface area contributed by atoms with Crippen molar-refractivity contribution >= 4 is 62.3 Å². The molecule has 0 bridgehead atoms. The van der Waals surface area contributed by atoms with E-state index in [1.807, 2.05) is 46.5 Å². The van der Waals surface area contributed by atoms with Crippen LogP contribution in [0, 0.1) is 0 Å². The third-order valence-electron chi connectivity index (χ3n) is 5.68. The molecule has 0 unspecified atom stereocenters. The highest BCUT2D eigenvalue weighted by Gasteiger charge is 2.27. The largest absolute Gasteiger partial charge is 0.453 e. The van der Waals surface area contributed by atoms with Gasteiger partial charge in [0.1, 0.15) is 11.0 Å². The number of thiophene rings is 1. The second-order valence-corrected chi connectivity index (χ2v) is 12.4. The van der Waals surface area contributed by atoms with Crippen molar-refractivity contribution in [2.45, 2.75) is 24.9 Å². The standard InChI is InChI=1S/C26H25ClN4O6S3/c1-37-26(33)30-19(13-16-5-3-2-4-6-16)24(32)28-20(14-17-7-9-18(10-8-17)31-40(34,35)36)25-29-21(15-38-25)22-11-12-23(27)39-22/h2-12,15,19-20,31H,13-14H2,1H3,(H,28,32)(H,30,33)(H,34,35,36)/t19-,20-/m0/s1. The number of rotatable bonds is 11. The molecule has 2 aromatic carbocycles. The van der Waals surface area contributed by atoms with Crippen molar-refractivity contribution < 1.29 is 27.3 Å². The number of methoxy groups -OCH3 is 1. The van der Waals surface area contributed by atoms with E-state index in [0.717, 1.165) is 21.7 Å². The van der Waals surface area contributed by atoms with Gasteiger partial charge in [-0.3, -0.25) is 14.1 Å². The number of thiazole rings is 1. The lowest BCUT2D eigenvalue weighted by Gasteiger charge is -2.22. The third-order valence-corrected chi connectivity index (χ3v) is 8.39. The molecule has 0 fully saturated rings. The molecule has 0 aliphatic heterocycles. The van der Waals surface area contributed by atoms with Crippen LogP contribution in [-0.4, -0.2) is 43.1 Å². The average molecular weight is 621 g/mol. The lowest BCUT2D eigenvalue weighted by Crippen LogP contribution is -2.49. The molecule has 2 heterocycles. The van der Waals surface area contributed by atoms with E-state index in [9.17, 15) is 18.0 Å². The SMILES string of the molecule is COC(=O)N[C@@H](Cc1ccccc1)C(=O)N[C@@H](Cc1ccc(NS(=O)(=O)O)cc1)c1nc(-c2ccc(Cl)s2)cs1. The molecule has 10 nitrogen and oxygen atoms in total. The fourth-order valence-electron chi connectivity index (χ4n) is 3.84. The van der Waals surface area contributed by atoms with Crippen LogP contribution in [-0.2, 0) is 32.7 Å². The first kappa shape index (κ1) is 29.5. The molecule has 0 radical (unpaired) electrons. The van der Waals surface area contributed by atoms with Crippen molar-refractivity contribution in [3.05, 3.63) is 92.6 Å². The lowest BCUT2D eigenvalue weighted by atomic mass is 10.0. The van der Waals surface area contributed by atoms with Crippen molar-refractivity contribution in [1.82, 2.24) is 15.6 Å². The summed E-state index contributed by atoms with van der Waals surface area (Å²) in [6.45, 7) is 0. The van der Waals surface area contributed by atoms with Gasteiger partial charge in [0.2, 0.25) is 5.91 Å². The van der Waals surface area contributed by atoms with Crippen LogP contribution in [0.15, 0.2) is 72.1 Å². The summed E-state index contributed by atoms with van der Waals surface area (Å²) in [6.07, 6.45) is -0.186. The molecule has 2 aromatic heterocycles. The summed E-state index contributed by atoms with van der Waals surface area (Å²) in [7, 11) is -3.18. The molecule has 4 aromatic rings. The minimum atomic E-state index is -4.41. The van der Waals surface area contributed by atoms with E-state index >= 15 is 0 Å². The van der Waals surface area contributed by atoms with Crippen molar-refractivity contribution in [2.75, 3.05) is 11.8 Å². The summed E-state index contributed by atoms with van der Waals surface area (Å²) < 4.78 is 38.6. The van der Waals surface area contributed by atoms with Gasteiger partial charge in [-0.1, -0.05) is 54.1 Å². The Morgan fingerprint density at radius 1 is 1.00 bits per heavy atom. The van der Waals surface area contributed by atoms with Gasteiger partial charge in [0.15, 0.2) is 0 Å². The van der Waals surface area contributed by atoms with Gasteiger partial charge >= 0.3 is 16.4 Å². The minimum absolute atomic E-state index is 0.183. The second-order valence-electron chi connectivity index (χ2n) is 8.59. The Hall–Kier alpha value is -3.49. The van der Waals surface area contributed by atoms with Crippen molar-refractivity contribution in [3.63, 3.8) is 0 Å². The van der Waals surface area contributed by atoms with Gasteiger partial charge in [0.05, 0.1) is 33.7 Å². The summed E-state index contributed by atoms with van der Waals surface area (Å²) in [5.74, 6) is -0.431. The molecule has 2 atom stereocenters. The van der Waals surface area contributed by atoms with E-state index in [0.29, 0.717) is 15.8 Å². The normalized spacial score (nSPS) is 12.8. The monoisotopic (exact) mass is 620 g/mol. The maximum atomic E-state index is 13.5. The van der Waals surface area contributed by atoms with Crippen LogP contribution in [0.1, 0.15) is 22.2 Å². The zero-order chi connectivity index (χ0) is 28.7. The topological polar surface area (TPSA) is 147 Å². The van der Waals surface area contributed by atoms with E-state index < -0.39 is 34.4 Å². The van der Waals surface area contributed by atoms with E-state index in [-0.39, 0.29) is 12.1 Å². The summed E-state index contributed by atoms with van der Waals surface area (Å²) in [4.78, 5) is 31.2. The van der Waals surface area contributed by atoms with Crippen molar-refractivity contribution in [1.29, 1.82) is 0 Å². The highest BCUT2D eigenvalue weighted by molar-refractivity contribution is 7.87. The average Bonchev–Trinajstić information content (AvgIpc) is 3.58. The molecule has 210 valence electrons. The molecule has 0 spiro atoms. The number of amides is 2. The number of hydrogen-bond acceptors (Lipinski definition) is 8. The Kier molecular flexibility index (Phi) is 9.76. The molecular weight excluding hydrogens is 596 g/mol. The first-order chi connectivity index (χ1) is 19.1. The van der Waals surface area contributed by atoms with Crippen LogP contribution in [0.3, 0.4) is 0 Å². The predicted octanol–water partition coefficient (Wildman–Crippen LogP) is 5.11. The predicted molar refractivity (Wildman–Crippen MR) is 156 cm³/mol. The second kappa shape index (κ2) is 13.2. The van der Waals surface area contributed by atoms with Crippen LogP contribution >= 0.6 is 34.3 Å². The Labute approximate surface area is 244 Å².